The number of nitrogens with zero attached hydrogens (tertiary/aromatic N) is 1. The first kappa shape index (κ1) is 14.0. The molecule has 1 heterocycles. The number of carbonyl (C=O) groups is 2. The Morgan fingerprint density at radius 2 is 1.73 bits per heavy atom. The van der Waals surface area contributed by atoms with Crippen molar-refractivity contribution < 1.29 is 14.3 Å². The molecule has 2 aromatic carbocycles. The Labute approximate surface area is 128 Å². The summed E-state index contributed by atoms with van der Waals surface area (Å²) in [6.45, 7) is 0. The lowest BCUT2D eigenvalue weighted by molar-refractivity contribution is -0.138. The van der Waals surface area contributed by atoms with Crippen LogP contribution in [0.4, 0.5) is 0 Å². The van der Waals surface area contributed by atoms with Crippen molar-refractivity contribution in [1.82, 2.24) is 0 Å². The molecule has 4 nitrogen and oxygen atoms in total. The average molecular weight is 291 g/mol. The molecule has 2 atom stereocenters. The van der Waals surface area contributed by atoms with Gasteiger partial charge in [-0.3, -0.25) is 9.59 Å². The van der Waals surface area contributed by atoms with Crippen molar-refractivity contribution in [2.45, 2.75) is 12.3 Å². The van der Waals surface area contributed by atoms with Crippen molar-refractivity contribution in [3.63, 3.8) is 0 Å². The first-order valence-corrected chi connectivity index (χ1v) is 6.99. The number of rotatable bonds is 3. The molecule has 3 rings (SSSR count). The van der Waals surface area contributed by atoms with Crippen molar-refractivity contribution in [3.05, 3.63) is 65.7 Å². The lowest BCUT2D eigenvalue weighted by Crippen LogP contribution is -2.37. The molecule has 0 saturated heterocycles. The van der Waals surface area contributed by atoms with Crippen LogP contribution in [0.25, 0.3) is 0 Å². The third-order valence-electron chi connectivity index (χ3n) is 3.84. The van der Waals surface area contributed by atoms with E-state index in [0.717, 1.165) is 5.56 Å². The minimum absolute atomic E-state index is 0.0810. The molecule has 0 fully saturated rings. The zero-order valence-corrected chi connectivity index (χ0v) is 11.7. The van der Waals surface area contributed by atoms with Gasteiger partial charge in [-0.25, -0.2) is 0 Å². The Morgan fingerprint density at radius 1 is 1.05 bits per heavy atom. The van der Waals surface area contributed by atoms with Crippen LogP contribution in [0, 0.1) is 17.2 Å². The van der Waals surface area contributed by atoms with E-state index in [2.05, 4.69) is 6.07 Å². The van der Waals surface area contributed by atoms with Crippen LogP contribution in [-0.2, 0) is 4.79 Å². The lowest BCUT2D eigenvalue weighted by Gasteiger charge is -2.27. The van der Waals surface area contributed by atoms with Gasteiger partial charge in [0.15, 0.2) is 5.78 Å². The number of ketones is 1. The van der Waals surface area contributed by atoms with E-state index in [1.807, 2.05) is 30.3 Å². The van der Waals surface area contributed by atoms with Crippen LogP contribution < -0.4 is 4.74 Å². The fourth-order valence-corrected chi connectivity index (χ4v) is 2.78. The summed E-state index contributed by atoms with van der Waals surface area (Å²) in [7, 11) is 0. The maximum absolute atomic E-state index is 12.7. The number of hydrogen-bond acceptors (Lipinski definition) is 4. The number of hydrogen-bond donors (Lipinski definition) is 0. The SMILES string of the molecule is N#CCC(c1ccccc1)C1C(=O)Oc2ccccc2C1=O. The molecule has 1 aliphatic heterocycles. The number of Topliss-reactive ketones (excluding diaryl/α,β-unsaturated/α-hetero) is 1. The third kappa shape index (κ3) is 2.38. The largest absolute Gasteiger partial charge is 0.425 e. The Bertz CT molecular complexity index is 761. The van der Waals surface area contributed by atoms with Gasteiger partial charge in [0.2, 0.25) is 0 Å². The van der Waals surface area contributed by atoms with Crippen molar-refractivity contribution in [2.75, 3.05) is 0 Å². The maximum Gasteiger partial charge on any atom is 0.322 e. The topological polar surface area (TPSA) is 67.2 Å². The molecule has 0 aromatic heterocycles. The molecule has 0 aliphatic carbocycles. The number of nitriles is 1. The van der Waals surface area contributed by atoms with Crippen LogP contribution in [-0.4, -0.2) is 11.8 Å². The summed E-state index contributed by atoms with van der Waals surface area (Å²) in [5, 5.41) is 9.08. The smallest absolute Gasteiger partial charge is 0.322 e. The van der Waals surface area contributed by atoms with Crippen molar-refractivity contribution >= 4 is 11.8 Å². The van der Waals surface area contributed by atoms with Crippen LogP contribution in [0.1, 0.15) is 28.3 Å². The molecule has 2 aromatic rings. The van der Waals surface area contributed by atoms with Gasteiger partial charge >= 0.3 is 5.97 Å². The molecular weight excluding hydrogens is 278 g/mol. The van der Waals surface area contributed by atoms with Gasteiger partial charge in [-0.2, -0.15) is 5.26 Å². The minimum Gasteiger partial charge on any atom is -0.425 e. The Morgan fingerprint density at radius 3 is 2.45 bits per heavy atom. The van der Waals surface area contributed by atoms with E-state index in [9.17, 15) is 9.59 Å². The minimum atomic E-state index is -0.975. The zero-order chi connectivity index (χ0) is 15.5. The predicted octanol–water partition coefficient (Wildman–Crippen LogP) is 3.10. The number of esters is 1. The highest BCUT2D eigenvalue weighted by molar-refractivity contribution is 6.14. The number of para-hydroxylation sites is 1. The fourth-order valence-electron chi connectivity index (χ4n) is 2.78. The summed E-state index contributed by atoms with van der Waals surface area (Å²) in [6.07, 6.45) is 0.0810. The van der Waals surface area contributed by atoms with Crippen LogP contribution in [0.3, 0.4) is 0 Å². The van der Waals surface area contributed by atoms with Gasteiger partial charge < -0.3 is 4.74 Å². The van der Waals surface area contributed by atoms with Crippen LogP contribution >= 0.6 is 0 Å². The standard InChI is InChI=1S/C18H13NO3/c19-11-10-13(12-6-2-1-3-7-12)16-17(20)14-8-4-5-9-15(14)22-18(16)21/h1-9,13,16H,10H2. The maximum atomic E-state index is 12.7. The molecule has 22 heavy (non-hydrogen) atoms. The highest BCUT2D eigenvalue weighted by Gasteiger charge is 2.42. The molecular formula is C18H13NO3. The van der Waals surface area contributed by atoms with Gasteiger partial charge in [0.05, 0.1) is 11.6 Å². The van der Waals surface area contributed by atoms with E-state index in [1.54, 1.807) is 24.3 Å². The second kappa shape index (κ2) is 5.82. The van der Waals surface area contributed by atoms with Gasteiger partial charge in [0, 0.05) is 12.3 Å². The molecule has 0 amide bonds. The van der Waals surface area contributed by atoms with Gasteiger partial charge in [0.1, 0.15) is 11.7 Å². The molecule has 108 valence electrons. The monoisotopic (exact) mass is 291 g/mol. The molecule has 2 unspecified atom stereocenters. The molecule has 0 N–H and O–H groups in total. The van der Waals surface area contributed by atoms with Crippen LogP contribution in [0.2, 0.25) is 0 Å². The van der Waals surface area contributed by atoms with Gasteiger partial charge in [-0.15, -0.1) is 0 Å². The van der Waals surface area contributed by atoms with Crippen LogP contribution in [0.15, 0.2) is 54.6 Å². The number of fused-ring (bicyclic) bond motifs is 1. The van der Waals surface area contributed by atoms with Crippen molar-refractivity contribution in [1.29, 1.82) is 5.26 Å². The van der Waals surface area contributed by atoms with E-state index in [0.29, 0.717) is 5.56 Å². The predicted molar refractivity (Wildman–Crippen MR) is 79.3 cm³/mol. The molecule has 0 spiro atoms. The van der Waals surface area contributed by atoms with Gasteiger partial charge in [-0.1, -0.05) is 42.5 Å². The highest BCUT2D eigenvalue weighted by atomic mass is 16.5. The molecule has 4 heteroatoms. The molecule has 0 saturated carbocycles. The number of carbonyl (C=O) groups excluding carboxylic acids is 2. The number of ether oxygens (including phenoxy) is 1. The molecule has 0 bridgehead atoms. The van der Waals surface area contributed by atoms with E-state index in [4.69, 9.17) is 10.00 Å². The molecule has 0 radical (unpaired) electrons. The molecule has 1 aliphatic rings. The summed E-state index contributed by atoms with van der Waals surface area (Å²) < 4.78 is 5.29. The second-order valence-electron chi connectivity index (χ2n) is 5.14. The summed E-state index contributed by atoms with van der Waals surface area (Å²) in [5.41, 5.74) is 1.18. The van der Waals surface area contributed by atoms with E-state index in [1.165, 1.54) is 0 Å². The Balaban J connectivity index is 2.04. The average Bonchev–Trinajstić information content (AvgIpc) is 2.55. The van der Waals surface area contributed by atoms with Crippen LogP contribution in [0.5, 0.6) is 5.75 Å². The van der Waals surface area contributed by atoms with E-state index < -0.39 is 17.8 Å². The first-order valence-electron chi connectivity index (χ1n) is 6.99. The van der Waals surface area contributed by atoms with Crippen molar-refractivity contribution in [2.24, 2.45) is 5.92 Å². The normalized spacial score (nSPS) is 18.0. The number of benzene rings is 2. The second-order valence-corrected chi connectivity index (χ2v) is 5.14. The van der Waals surface area contributed by atoms with E-state index in [-0.39, 0.29) is 18.0 Å². The Kier molecular flexibility index (Phi) is 3.71. The summed E-state index contributed by atoms with van der Waals surface area (Å²) in [6, 6.07) is 17.9. The fraction of sp³-hybridized carbons (Fsp3) is 0.167. The summed E-state index contributed by atoms with van der Waals surface area (Å²) >= 11 is 0. The van der Waals surface area contributed by atoms with E-state index >= 15 is 0 Å². The first-order chi connectivity index (χ1) is 10.7. The van der Waals surface area contributed by atoms with Gasteiger partial charge in [-0.05, 0) is 17.7 Å². The third-order valence-corrected chi connectivity index (χ3v) is 3.84. The zero-order valence-electron chi connectivity index (χ0n) is 11.7. The Hall–Kier alpha value is -2.93. The highest BCUT2D eigenvalue weighted by Crippen LogP contribution is 2.37. The quantitative estimate of drug-likeness (QED) is 0.495. The summed E-state index contributed by atoms with van der Waals surface area (Å²) in [4.78, 5) is 25.0. The van der Waals surface area contributed by atoms with Crippen molar-refractivity contribution in [3.8, 4) is 11.8 Å². The lowest BCUT2D eigenvalue weighted by atomic mass is 9.78. The summed E-state index contributed by atoms with van der Waals surface area (Å²) in [5.74, 6) is -2.06. The van der Waals surface area contributed by atoms with Gasteiger partial charge in [0.25, 0.3) is 0 Å².